The first-order valence-electron chi connectivity index (χ1n) is 7.99. The van der Waals surface area contributed by atoms with Crippen LogP contribution in [-0.2, 0) is 9.59 Å². The number of carbonyl (C=O) groups excluding carboxylic acids is 3. The van der Waals surface area contributed by atoms with Gasteiger partial charge in [0.15, 0.2) is 0 Å². The summed E-state index contributed by atoms with van der Waals surface area (Å²) in [6.45, 7) is 10.4. The summed E-state index contributed by atoms with van der Waals surface area (Å²) in [6, 6.07) is 4.32. The lowest BCUT2D eigenvalue weighted by Gasteiger charge is -2.30. The van der Waals surface area contributed by atoms with Crippen LogP contribution in [-0.4, -0.2) is 28.7 Å². The number of piperidine rings is 1. The maximum Gasteiger partial charge on any atom is 0.259 e. The Hall–Kier alpha value is -2.63. The molecule has 0 radical (unpaired) electrons. The van der Waals surface area contributed by atoms with Crippen molar-refractivity contribution < 1.29 is 14.4 Å². The molecule has 1 aromatic rings. The number of anilines is 1. The van der Waals surface area contributed by atoms with Crippen molar-refractivity contribution in [2.24, 2.45) is 5.92 Å². The molecule has 128 valence electrons. The maximum absolute atomic E-state index is 12.4. The van der Waals surface area contributed by atoms with Crippen molar-refractivity contribution in [2.45, 2.75) is 39.7 Å². The van der Waals surface area contributed by atoms with Crippen LogP contribution in [0.25, 0.3) is 5.70 Å². The molecule has 2 aliphatic heterocycles. The fourth-order valence-corrected chi connectivity index (χ4v) is 2.70. The molecule has 0 aromatic heterocycles. The summed E-state index contributed by atoms with van der Waals surface area (Å²) < 4.78 is 0. The summed E-state index contributed by atoms with van der Waals surface area (Å²) in [5.41, 5.74) is 7.76. The Bertz CT molecular complexity index is 707. The van der Waals surface area contributed by atoms with E-state index in [9.17, 15) is 14.4 Å². The monoisotopic (exact) mass is 329 g/mol. The standard InChI is InChI=1S/C14H13N3O3.C4H10/c1-7-12-8(3-2-4-9(12)15)14(20)17(7)10-5-6-11(18)16-13(10)19;1-4(2)3/h2-4,10H,1,5-6,15H2,(H,16,18,19);4H,1-3H3. The molecule has 1 saturated heterocycles. The lowest BCUT2D eigenvalue weighted by molar-refractivity contribution is -0.136. The highest BCUT2D eigenvalue weighted by Crippen LogP contribution is 2.37. The molecule has 0 saturated carbocycles. The van der Waals surface area contributed by atoms with Gasteiger partial charge in [-0.05, 0) is 24.5 Å². The van der Waals surface area contributed by atoms with Gasteiger partial charge in [0.1, 0.15) is 6.04 Å². The topological polar surface area (TPSA) is 92.5 Å². The molecule has 0 bridgehead atoms. The fraction of sp³-hybridized carbons (Fsp3) is 0.389. The Labute approximate surface area is 141 Å². The number of nitrogens with zero attached hydrogens (tertiary/aromatic N) is 1. The number of amides is 3. The average Bonchev–Trinajstić information content (AvgIpc) is 2.72. The van der Waals surface area contributed by atoms with Crippen LogP contribution in [0.4, 0.5) is 5.69 Å². The van der Waals surface area contributed by atoms with Crippen LogP contribution in [0.2, 0.25) is 0 Å². The molecule has 1 atom stereocenters. The normalized spacial score (nSPS) is 19.8. The van der Waals surface area contributed by atoms with Gasteiger partial charge in [0.2, 0.25) is 11.8 Å². The largest absolute Gasteiger partial charge is 0.398 e. The van der Waals surface area contributed by atoms with E-state index < -0.39 is 11.9 Å². The molecular formula is C18H23N3O3. The van der Waals surface area contributed by atoms with E-state index in [1.54, 1.807) is 18.2 Å². The van der Waals surface area contributed by atoms with Crippen LogP contribution in [0.15, 0.2) is 24.8 Å². The van der Waals surface area contributed by atoms with E-state index in [4.69, 9.17) is 5.73 Å². The van der Waals surface area contributed by atoms with Gasteiger partial charge >= 0.3 is 0 Å². The quantitative estimate of drug-likeness (QED) is 0.610. The summed E-state index contributed by atoms with van der Waals surface area (Å²) in [4.78, 5) is 36.9. The Kier molecular flexibility index (Phi) is 5.07. The summed E-state index contributed by atoms with van der Waals surface area (Å²) in [5.74, 6) is -0.255. The zero-order valence-electron chi connectivity index (χ0n) is 14.3. The summed E-state index contributed by atoms with van der Waals surface area (Å²) in [6.07, 6.45) is 0.503. The summed E-state index contributed by atoms with van der Waals surface area (Å²) >= 11 is 0. The van der Waals surface area contributed by atoms with Crippen molar-refractivity contribution in [2.75, 3.05) is 5.73 Å². The van der Waals surface area contributed by atoms with Crippen molar-refractivity contribution in [1.82, 2.24) is 10.2 Å². The van der Waals surface area contributed by atoms with Crippen LogP contribution in [0, 0.1) is 5.92 Å². The third kappa shape index (κ3) is 3.32. The van der Waals surface area contributed by atoms with E-state index in [0.717, 1.165) is 5.92 Å². The summed E-state index contributed by atoms with van der Waals surface area (Å²) in [7, 11) is 0. The second kappa shape index (κ2) is 6.86. The molecule has 1 unspecified atom stereocenters. The van der Waals surface area contributed by atoms with Gasteiger partial charge in [0.05, 0.1) is 5.56 Å². The average molecular weight is 329 g/mol. The van der Waals surface area contributed by atoms with E-state index >= 15 is 0 Å². The lowest BCUT2D eigenvalue weighted by Crippen LogP contribution is -2.52. The number of fused-ring (bicyclic) bond motifs is 1. The number of imide groups is 1. The molecule has 2 heterocycles. The first-order chi connectivity index (χ1) is 11.2. The van der Waals surface area contributed by atoms with Crippen LogP contribution in [0.1, 0.15) is 49.5 Å². The van der Waals surface area contributed by atoms with Crippen molar-refractivity contribution in [3.63, 3.8) is 0 Å². The van der Waals surface area contributed by atoms with E-state index in [-0.39, 0.29) is 18.2 Å². The van der Waals surface area contributed by atoms with E-state index in [0.29, 0.717) is 28.9 Å². The molecule has 3 N–H and O–H groups in total. The van der Waals surface area contributed by atoms with Gasteiger partial charge in [-0.15, -0.1) is 0 Å². The van der Waals surface area contributed by atoms with Crippen LogP contribution < -0.4 is 11.1 Å². The maximum atomic E-state index is 12.4. The van der Waals surface area contributed by atoms with Crippen LogP contribution in [0.5, 0.6) is 0 Å². The minimum absolute atomic E-state index is 0.208. The molecule has 1 fully saturated rings. The number of hydrogen-bond donors (Lipinski definition) is 2. The van der Waals surface area contributed by atoms with Crippen LogP contribution in [0.3, 0.4) is 0 Å². The van der Waals surface area contributed by atoms with Crippen molar-refractivity contribution in [3.8, 4) is 0 Å². The Morgan fingerprint density at radius 3 is 2.42 bits per heavy atom. The molecule has 3 amide bonds. The van der Waals surface area contributed by atoms with Crippen molar-refractivity contribution in [3.05, 3.63) is 35.9 Å². The van der Waals surface area contributed by atoms with E-state index in [2.05, 4.69) is 32.7 Å². The SMILES string of the molecule is C=C1c2c(N)cccc2C(=O)N1C1CCC(=O)NC1=O.CC(C)C. The van der Waals surface area contributed by atoms with Gasteiger partial charge in [-0.1, -0.05) is 33.4 Å². The number of carbonyl (C=O) groups is 3. The van der Waals surface area contributed by atoms with Gasteiger partial charge in [0.25, 0.3) is 5.91 Å². The first kappa shape index (κ1) is 17.7. The smallest absolute Gasteiger partial charge is 0.259 e. The van der Waals surface area contributed by atoms with Gasteiger partial charge in [-0.3, -0.25) is 24.6 Å². The lowest BCUT2D eigenvalue weighted by atomic mass is 10.0. The zero-order chi connectivity index (χ0) is 18.0. The second-order valence-electron chi connectivity index (χ2n) is 6.59. The number of nitrogen functional groups attached to an aromatic ring is 1. The highest BCUT2D eigenvalue weighted by Gasteiger charge is 2.42. The number of rotatable bonds is 1. The molecule has 3 rings (SSSR count). The highest BCUT2D eigenvalue weighted by molar-refractivity contribution is 6.14. The van der Waals surface area contributed by atoms with Gasteiger partial charge in [-0.2, -0.15) is 0 Å². The first-order valence-corrected chi connectivity index (χ1v) is 7.99. The third-order valence-corrected chi connectivity index (χ3v) is 3.65. The van der Waals surface area contributed by atoms with Crippen LogP contribution >= 0.6 is 0 Å². The molecule has 2 aliphatic rings. The molecule has 6 nitrogen and oxygen atoms in total. The Morgan fingerprint density at radius 1 is 1.25 bits per heavy atom. The van der Waals surface area contributed by atoms with Gasteiger partial charge in [0, 0.05) is 23.4 Å². The van der Waals surface area contributed by atoms with Crippen molar-refractivity contribution >= 4 is 29.1 Å². The fourth-order valence-electron chi connectivity index (χ4n) is 2.70. The molecule has 1 aromatic carbocycles. The van der Waals surface area contributed by atoms with E-state index in [1.807, 2.05) is 0 Å². The van der Waals surface area contributed by atoms with Gasteiger partial charge in [-0.25, -0.2) is 0 Å². The zero-order valence-corrected chi connectivity index (χ0v) is 14.3. The Balaban J connectivity index is 0.000000471. The van der Waals surface area contributed by atoms with E-state index in [1.165, 1.54) is 4.90 Å². The molecule has 6 heteroatoms. The molecule has 0 aliphatic carbocycles. The number of nitrogens with one attached hydrogen (secondary N) is 1. The predicted octanol–water partition coefficient (Wildman–Crippen LogP) is 2.16. The minimum atomic E-state index is -0.709. The molecular weight excluding hydrogens is 306 g/mol. The number of benzene rings is 1. The molecule has 0 spiro atoms. The Morgan fingerprint density at radius 2 is 1.88 bits per heavy atom. The summed E-state index contributed by atoms with van der Waals surface area (Å²) in [5, 5.41) is 2.24. The number of nitrogens with two attached hydrogens (primary N) is 1. The minimum Gasteiger partial charge on any atom is -0.398 e. The highest BCUT2D eigenvalue weighted by atomic mass is 16.2. The van der Waals surface area contributed by atoms with Crippen molar-refractivity contribution in [1.29, 1.82) is 0 Å². The number of hydrogen-bond acceptors (Lipinski definition) is 4. The third-order valence-electron chi connectivity index (χ3n) is 3.65. The molecule has 24 heavy (non-hydrogen) atoms. The predicted molar refractivity (Wildman–Crippen MR) is 92.7 cm³/mol. The van der Waals surface area contributed by atoms with Gasteiger partial charge < -0.3 is 5.73 Å². The second-order valence-corrected chi connectivity index (χ2v) is 6.59.